The van der Waals surface area contributed by atoms with Crippen LogP contribution >= 0.6 is 0 Å². The Morgan fingerprint density at radius 3 is 2.67 bits per heavy atom. The average Bonchev–Trinajstić information content (AvgIpc) is 2.28. The summed E-state index contributed by atoms with van der Waals surface area (Å²) in [4.78, 5) is 0. The van der Waals surface area contributed by atoms with Crippen LogP contribution in [0, 0.1) is 0 Å². The lowest BCUT2D eigenvalue weighted by atomic mass is 10.2. The van der Waals surface area contributed by atoms with Crippen molar-refractivity contribution in [3.63, 3.8) is 0 Å². The molecule has 0 atom stereocenters. The van der Waals surface area contributed by atoms with E-state index in [9.17, 15) is 0 Å². The Balaban J connectivity index is 2.38. The molecule has 0 saturated carbocycles. The Morgan fingerprint density at radius 1 is 1.33 bits per heavy atom. The van der Waals surface area contributed by atoms with Gasteiger partial charge in [0.1, 0.15) is 18.9 Å². The zero-order chi connectivity index (χ0) is 10.9. The van der Waals surface area contributed by atoms with Gasteiger partial charge in [-0.3, -0.25) is 0 Å². The maximum Gasteiger partial charge on any atom is 0.119 e. The van der Waals surface area contributed by atoms with Gasteiger partial charge in [-0.2, -0.15) is 0 Å². The van der Waals surface area contributed by atoms with Gasteiger partial charge in [0.15, 0.2) is 0 Å². The summed E-state index contributed by atoms with van der Waals surface area (Å²) in [5, 5.41) is 2.32. The first-order valence-electron chi connectivity index (χ1n) is 5.51. The summed E-state index contributed by atoms with van der Waals surface area (Å²) < 4.78 is 5.41. The number of hydrogen-bond donors (Lipinski definition) is 1. The maximum absolute atomic E-state index is 5.41. The van der Waals surface area contributed by atoms with Gasteiger partial charge in [0.25, 0.3) is 0 Å². The molecule has 0 aliphatic heterocycles. The van der Waals surface area contributed by atoms with Crippen molar-refractivity contribution in [2.45, 2.75) is 19.9 Å². The molecule has 0 spiro atoms. The minimum absolute atomic E-state index is 0.571. The van der Waals surface area contributed by atoms with Crippen LogP contribution in [0.2, 0.25) is 0 Å². The van der Waals surface area contributed by atoms with Gasteiger partial charge in [0, 0.05) is 5.56 Å². The summed E-state index contributed by atoms with van der Waals surface area (Å²) in [5.74, 6) is 0.911. The van der Waals surface area contributed by atoms with Crippen LogP contribution in [0.3, 0.4) is 0 Å². The van der Waals surface area contributed by atoms with Crippen molar-refractivity contribution in [2.75, 3.05) is 13.2 Å². The van der Waals surface area contributed by atoms with E-state index in [4.69, 9.17) is 4.74 Å². The molecular formula is C13H20NO+. The third-order valence-electron chi connectivity index (χ3n) is 2.16. The van der Waals surface area contributed by atoms with E-state index in [1.165, 1.54) is 18.5 Å². The van der Waals surface area contributed by atoms with Crippen molar-refractivity contribution >= 4 is 0 Å². The number of benzene rings is 1. The zero-order valence-electron chi connectivity index (χ0n) is 9.41. The minimum Gasteiger partial charge on any atom is -0.490 e. The van der Waals surface area contributed by atoms with Gasteiger partial charge >= 0.3 is 0 Å². The van der Waals surface area contributed by atoms with Gasteiger partial charge in [-0.1, -0.05) is 19.6 Å². The highest BCUT2D eigenvalue weighted by molar-refractivity contribution is 5.26. The first-order chi connectivity index (χ1) is 7.36. The van der Waals surface area contributed by atoms with Crippen LogP contribution in [0.15, 0.2) is 36.9 Å². The third kappa shape index (κ3) is 4.66. The second kappa shape index (κ2) is 7.07. The Morgan fingerprint density at radius 2 is 2.07 bits per heavy atom. The molecule has 0 bridgehead atoms. The van der Waals surface area contributed by atoms with Crippen LogP contribution in [0.5, 0.6) is 5.75 Å². The largest absolute Gasteiger partial charge is 0.490 e. The van der Waals surface area contributed by atoms with E-state index in [0.717, 1.165) is 12.3 Å². The molecule has 2 N–H and O–H groups in total. The first kappa shape index (κ1) is 11.8. The van der Waals surface area contributed by atoms with Crippen molar-refractivity contribution in [2.24, 2.45) is 0 Å². The van der Waals surface area contributed by atoms with Crippen molar-refractivity contribution < 1.29 is 10.1 Å². The van der Waals surface area contributed by atoms with Gasteiger partial charge < -0.3 is 10.1 Å². The van der Waals surface area contributed by atoms with Gasteiger partial charge in [-0.25, -0.2) is 0 Å². The monoisotopic (exact) mass is 206 g/mol. The second-order valence-electron chi connectivity index (χ2n) is 3.53. The number of hydrogen-bond acceptors (Lipinski definition) is 1. The third-order valence-corrected chi connectivity index (χ3v) is 2.16. The average molecular weight is 206 g/mol. The minimum atomic E-state index is 0.571. The maximum atomic E-state index is 5.41. The summed E-state index contributed by atoms with van der Waals surface area (Å²) in [6.07, 6.45) is 2.98. The summed E-state index contributed by atoms with van der Waals surface area (Å²) >= 11 is 0. The molecule has 1 aromatic carbocycles. The SMILES string of the molecule is C=CCOc1ccc(C[NH2+]CCC)cc1. The van der Waals surface area contributed by atoms with E-state index in [2.05, 4.69) is 31.0 Å². The predicted molar refractivity (Wildman–Crippen MR) is 62.9 cm³/mol. The molecule has 0 aromatic heterocycles. The first-order valence-corrected chi connectivity index (χ1v) is 5.51. The van der Waals surface area contributed by atoms with Crippen LogP contribution in [0.4, 0.5) is 0 Å². The summed E-state index contributed by atoms with van der Waals surface area (Å²) in [6, 6.07) is 8.26. The van der Waals surface area contributed by atoms with E-state index in [1.54, 1.807) is 6.08 Å². The molecule has 0 amide bonds. The molecule has 1 rings (SSSR count). The van der Waals surface area contributed by atoms with Gasteiger partial charge in [-0.15, -0.1) is 0 Å². The van der Waals surface area contributed by atoms with Crippen LogP contribution < -0.4 is 10.1 Å². The highest BCUT2D eigenvalue weighted by Gasteiger charge is 1.96. The van der Waals surface area contributed by atoms with E-state index >= 15 is 0 Å². The fourth-order valence-corrected chi connectivity index (χ4v) is 1.35. The molecule has 82 valence electrons. The Labute approximate surface area is 92.0 Å². The molecule has 1 aromatic rings. The van der Waals surface area contributed by atoms with Crippen LogP contribution in [-0.4, -0.2) is 13.2 Å². The molecule has 0 heterocycles. The number of ether oxygens (including phenoxy) is 1. The van der Waals surface area contributed by atoms with Crippen molar-refractivity contribution in [3.05, 3.63) is 42.5 Å². The molecule has 0 aliphatic carbocycles. The Hall–Kier alpha value is -1.28. The highest BCUT2D eigenvalue weighted by Crippen LogP contribution is 2.11. The zero-order valence-corrected chi connectivity index (χ0v) is 9.41. The lowest BCUT2D eigenvalue weighted by Gasteiger charge is -2.04. The van der Waals surface area contributed by atoms with Gasteiger partial charge in [-0.05, 0) is 30.7 Å². The Kier molecular flexibility index (Phi) is 5.56. The molecule has 0 unspecified atom stereocenters. The van der Waals surface area contributed by atoms with Crippen molar-refractivity contribution in [1.29, 1.82) is 0 Å². The van der Waals surface area contributed by atoms with Crippen LogP contribution in [-0.2, 0) is 6.54 Å². The molecule has 0 fully saturated rings. The van der Waals surface area contributed by atoms with E-state index in [-0.39, 0.29) is 0 Å². The molecule has 2 nitrogen and oxygen atoms in total. The molecular weight excluding hydrogens is 186 g/mol. The van der Waals surface area contributed by atoms with E-state index in [1.807, 2.05) is 12.1 Å². The topological polar surface area (TPSA) is 25.8 Å². The summed E-state index contributed by atoms with van der Waals surface area (Å²) in [6.45, 7) is 8.62. The fourth-order valence-electron chi connectivity index (χ4n) is 1.35. The summed E-state index contributed by atoms with van der Waals surface area (Å²) in [5.41, 5.74) is 1.34. The normalized spacial score (nSPS) is 9.93. The standard InChI is InChI=1S/C13H19NO/c1-3-9-14-11-12-5-7-13(8-6-12)15-10-4-2/h4-8,14H,2-3,9-11H2,1H3/p+1. The quantitative estimate of drug-likeness (QED) is 0.533. The number of rotatable bonds is 7. The van der Waals surface area contributed by atoms with Gasteiger partial charge in [0.2, 0.25) is 0 Å². The molecule has 0 radical (unpaired) electrons. The van der Waals surface area contributed by atoms with Crippen LogP contribution in [0.1, 0.15) is 18.9 Å². The highest BCUT2D eigenvalue weighted by atomic mass is 16.5. The molecule has 15 heavy (non-hydrogen) atoms. The molecule has 0 aliphatic rings. The predicted octanol–water partition coefficient (Wildman–Crippen LogP) is 1.72. The fraction of sp³-hybridized carbons (Fsp3) is 0.385. The summed E-state index contributed by atoms with van der Waals surface area (Å²) in [7, 11) is 0. The molecule has 0 saturated heterocycles. The van der Waals surface area contributed by atoms with Crippen LogP contribution in [0.25, 0.3) is 0 Å². The van der Waals surface area contributed by atoms with E-state index < -0.39 is 0 Å². The number of quaternary nitrogens is 1. The number of nitrogens with two attached hydrogens (primary N) is 1. The molecule has 2 heteroatoms. The lowest BCUT2D eigenvalue weighted by Crippen LogP contribution is -2.82. The second-order valence-corrected chi connectivity index (χ2v) is 3.53. The van der Waals surface area contributed by atoms with E-state index in [0.29, 0.717) is 6.61 Å². The smallest absolute Gasteiger partial charge is 0.119 e. The van der Waals surface area contributed by atoms with Crippen molar-refractivity contribution in [3.8, 4) is 5.75 Å². The van der Waals surface area contributed by atoms with Gasteiger partial charge in [0.05, 0.1) is 6.54 Å². The lowest BCUT2D eigenvalue weighted by molar-refractivity contribution is -0.670. The Bertz CT molecular complexity index is 279. The van der Waals surface area contributed by atoms with Crippen molar-refractivity contribution in [1.82, 2.24) is 0 Å².